The molecule has 2 aromatic rings. The second-order valence-electron chi connectivity index (χ2n) is 5.76. The van der Waals surface area contributed by atoms with Gasteiger partial charge in [0.25, 0.3) is 0 Å². The van der Waals surface area contributed by atoms with Crippen molar-refractivity contribution in [2.75, 3.05) is 0 Å². The quantitative estimate of drug-likeness (QED) is 0.686. The molecule has 0 fully saturated rings. The van der Waals surface area contributed by atoms with Crippen LogP contribution in [0.2, 0.25) is 5.15 Å². The fourth-order valence-corrected chi connectivity index (χ4v) is 2.83. The van der Waals surface area contributed by atoms with E-state index < -0.39 is 11.6 Å². The third kappa shape index (κ3) is 3.77. The summed E-state index contributed by atoms with van der Waals surface area (Å²) in [5.74, 6) is -0.824. The van der Waals surface area contributed by atoms with Crippen molar-refractivity contribution in [1.29, 1.82) is 0 Å². The molecule has 0 spiro atoms. The fraction of sp³-hybridized carbons (Fsp3) is 0.333. The van der Waals surface area contributed by atoms with Gasteiger partial charge in [-0.05, 0) is 27.6 Å². The largest absolute Gasteiger partial charge is 0.236 e. The smallest absolute Gasteiger partial charge is 0.147 e. The normalized spacial score (nSPS) is 11.8. The van der Waals surface area contributed by atoms with Crippen LogP contribution in [0, 0.1) is 11.6 Å². The van der Waals surface area contributed by atoms with Gasteiger partial charge in [0.15, 0.2) is 0 Å². The Bertz CT molecular complexity index is 684. The first kappa shape index (κ1) is 16.3. The van der Waals surface area contributed by atoms with Crippen molar-refractivity contribution < 1.29 is 8.78 Å². The van der Waals surface area contributed by atoms with Gasteiger partial charge in [-0.2, -0.15) is 0 Å². The first-order valence-corrected chi connectivity index (χ1v) is 7.52. The van der Waals surface area contributed by atoms with Crippen molar-refractivity contribution in [3.63, 3.8) is 0 Å². The summed E-state index contributed by atoms with van der Waals surface area (Å²) in [6.07, 6.45) is 0.155. The molecule has 2 nitrogen and oxygen atoms in total. The Morgan fingerprint density at radius 2 is 1.86 bits per heavy atom. The van der Waals surface area contributed by atoms with Crippen LogP contribution in [0.3, 0.4) is 0 Å². The molecule has 0 radical (unpaired) electrons. The lowest BCUT2D eigenvalue weighted by molar-refractivity contribution is 0.556. The van der Waals surface area contributed by atoms with Gasteiger partial charge in [-0.1, -0.05) is 38.4 Å². The Labute approximate surface area is 135 Å². The Kier molecular flexibility index (Phi) is 4.63. The third-order valence-electron chi connectivity index (χ3n) is 2.93. The zero-order valence-corrected chi connectivity index (χ0v) is 14.2. The van der Waals surface area contributed by atoms with Crippen LogP contribution in [-0.2, 0) is 11.8 Å². The number of rotatable bonds is 2. The lowest BCUT2D eigenvalue weighted by atomic mass is 9.92. The molecule has 1 heterocycles. The molecule has 0 amide bonds. The summed E-state index contributed by atoms with van der Waals surface area (Å²) in [5, 5.41) is 0.285. The van der Waals surface area contributed by atoms with Crippen LogP contribution in [0.4, 0.5) is 8.78 Å². The average molecular weight is 376 g/mol. The Morgan fingerprint density at radius 1 is 1.19 bits per heavy atom. The van der Waals surface area contributed by atoms with Gasteiger partial charge in [-0.15, -0.1) is 0 Å². The van der Waals surface area contributed by atoms with E-state index in [1.807, 2.05) is 20.8 Å². The van der Waals surface area contributed by atoms with Gasteiger partial charge >= 0.3 is 0 Å². The summed E-state index contributed by atoms with van der Waals surface area (Å²) in [6.45, 7) is 6.00. The van der Waals surface area contributed by atoms with Crippen LogP contribution >= 0.6 is 27.5 Å². The molecule has 2 rings (SSSR count). The van der Waals surface area contributed by atoms with E-state index in [4.69, 9.17) is 11.6 Å². The van der Waals surface area contributed by atoms with E-state index >= 15 is 0 Å². The lowest BCUT2D eigenvalue weighted by Crippen LogP contribution is -2.17. The maximum Gasteiger partial charge on any atom is 0.147 e. The van der Waals surface area contributed by atoms with Crippen LogP contribution in [0.25, 0.3) is 0 Å². The highest BCUT2D eigenvalue weighted by molar-refractivity contribution is 9.10. The molecule has 0 saturated heterocycles. The maximum atomic E-state index is 13.7. The number of aromatic nitrogens is 2. The van der Waals surface area contributed by atoms with Crippen molar-refractivity contribution in [3.05, 3.63) is 56.5 Å². The van der Waals surface area contributed by atoms with Gasteiger partial charge in [0.1, 0.15) is 22.6 Å². The van der Waals surface area contributed by atoms with Crippen molar-refractivity contribution in [1.82, 2.24) is 9.97 Å². The highest BCUT2D eigenvalue weighted by atomic mass is 79.9. The monoisotopic (exact) mass is 374 g/mol. The molecule has 1 aromatic carbocycles. The van der Waals surface area contributed by atoms with Crippen LogP contribution < -0.4 is 0 Å². The molecule has 0 atom stereocenters. The van der Waals surface area contributed by atoms with Crippen molar-refractivity contribution in [3.8, 4) is 0 Å². The second-order valence-corrected chi connectivity index (χ2v) is 6.91. The fourth-order valence-electron chi connectivity index (χ4n) is 1.87. The molecular weight excluding hydrogens is 362 g/mol. The number of hydrogen-bond donors (Lipinski definition) is 0. The van der Waals surface area contributed by atoms with E-state index in [0.717, 1.165) is 11.8 Å². The van der Waals surface area contributed by atoms with E-state index in [9.17, 15) is 8.78 Å². The molecular formula is C15H14BrClF2N2. The van der Waals surface area contributed by atoms with E-state index in [2.05, 4.69) is 25.9 Å². The van der Waals surface area contributed by atoms with Gasteiger partial charge in [0.05, 0.1) is 10.2 Å². The topological polar surface area (TPSA) is 25.8 Å². The van der Waals surface area contributed by atoms with E-state index in [1.54, 1.807) is 0 Å². The highest BCUT2D eigenvalue weighted by Crippen LogP contribution is 2.32. The molecule has 21 heavy (non-hydrogen) atoms. The Hall–Kier alpha value is -1.07. The van der Waals surface area contributed by atoms with Crippen molar-refractivity contribution in [2.24, 2.45) is 0 Å². The lowest BCUT2D eigenvalue weighted by Gasteiger charge is -2.20. The molecule has 1 aromatic heterocycles. The van der Waals surface area contributed by atoms with E-state index in [1.165, 1.54) is 12.1 Å². The summed E-state index contributed by atoms with van der Waals surface area (Å²) >= 11 is 9.48. The minimum Gasteiger partial charge on any atom is -0.236 e. The molecule has 0 saturated carbocycles. The van der Waals surface area contributed by atoms with E-state index in [0.29, 0.717) is 15.9 Å². The molecule has 6 heteroatoms. The molecule has 0 unspecified atom stereocenters. The van der Waals surface area contributed by atoms with Crippen LogP contribution in [0.5, 0.6) is 0 Å². The average Bonchev–Trinajstić information content (AvgIpc) is 2.35. The minimum absolute atomic E-state index is 0.155. The molecule has 0 aliphatic heterocycles. The second kappa shape index (κ2) is 5.97. The van der Waals surface area contributed by atoms with Crippen LogP contribution in [-0.4, -0.2) is 9.97 Å². The highest BCUT2D eigenvalue weighted by Gasteiger charge is 2.23. The predicted octanol–water partition coefficient (Wildman–Crippen LogP) is 5.06. The molecule has 0 aliphatic rings. The molecule has 112 valence electrons. The number of halogens is 4. The SMILES string of the molecule is CC(C)(C)c1nc(Cc2ccc(F)cc2F)nc(Cl)c1Br. The maximum absolute atomic E-state index is 13.7. The first-order valence-electron chi connectivity index (χ1n) is 6.35. The summed E-state index contributed by atoms with van der Waals surface area (Å²) in [4.78, 5) is 8.61. The Balaban J connectivity index is 2.43. The van der Waals surface area contributed by atoms with Gasteiger partial charge in [-0.25, -0.2) is 18.7 Å². The third-order valence-corrected chi connectivity index (χ3v) is 4.18. The van der Waals surface area contributed by atoms with Crippen molar-refractivity contribution >= 4 is 27.5 Å². The van der Waals surface area contributed by atoms with Gasteiger partial charge < -0.3 is 0 Å². The molecule has 0 bridgehead atoms. The zero-order chi connectivity index (χ0) is 15.8. The van der Waals surface area contributed by atoms with Gasteiger partial charge in [0.2, 0.25) is 0 Å². The van der Waals surface area contributed by atoms with Crippen molar-refractivity contribution in [2.45, 2.75) is 32.6 Å². The number of hydrogen-bond acceptors (Lipinski definition) is 2. The van der Waals surface area contributed by atoms with Gasteiger partial charge in [-0.3, -0.25) is 0 Å². The summed E-state index contributed by atoms with van der Waals surface area (Å²) < 4.78 is 27.3. The Morgan fingerprint density at radius 3 is 2.43 bits per heavy atom. The predicted molar refractivity (Wildman–Crippen MR) is 82.6 cm³/mol. The summed E-state index contributed by atoms with van der Waals surface area (Å²) in [5.41, 5.74) is 0.844. The number of nitrogens with zero attached hydrogens (tertiary/aromatic N) is 2. The summed E-state index contributed by atoms with van der Waals surface area (Å²) in [7, 11) is 0. The summed E-state index contributed by atoms with van der Waals surface area (Å²) in [6, 6.07) is 3.45. The van der Waals surface area contributed by atoms with Crippen LogP contribution in [0.15, 0.2) is 22.7 Å². The number of benzene rings is 1. The zero-order valence-electron chi connectivity index (χ0n) is 11.8. The minimum atomic E-state index is -0.616. The van der Waals surface area contributed by atoms with E-state index in [-0.39, 0.29) is 17.0 Å². The first-order chi connectivity index (χ1) is 9.68. The van der Waals surface area contributed by atoms with Gasteiger partial charge in [0, 0.05) is 17.9 Å². The molecule has 0 N–H and O–H groups in total. The molecule has 0 aliphatic carbocycles. The van der Waals surface area contributed by atoms with Crippen LogP contribution in [0.1, 0.15) is 37.9 Å². The standard InChI is InChI=1S/C15H14BrClF2N2/c1-15(2,3)13-12(16)14(17)21-11(20-13)6-8-4-5-9(18)7-10(8)19/h4-5,7H,6H2,1-3H3.